The predicted molar refractivity (Wildman–Crippen MR) is 90.1 cm³/mol. The van der Waals surface area contributed by atoms with Gasteiger partial charge >= 0.3 is 0 Å². The zero-order valence-electron chi connectivity index (χ0n) is 12.3. The molecule has 1 aromatic heterocycles. The van der Waals surface area contributed by atoms with Gasteiger partial charge in [0.25, 0.3) is 0 Å². The van der Waals surface area contributed by atoms with Gasteiger partial charge in [0.15, 0.2) is 0 Å². The number of benzene rings is 2. The lowest BCUT2D eigenvalue weighted by atomic mass is 10.1. The molecule has 2 nitrogen and oxygen atoms in total. The van der Waals surface area contributed by atoms with E-state index in [1.807, 2.05) is 23.5 Å². The second-order valence-electron chi connectivity index (χ2n) is 5.14. The molecule has 3 aromatic rings. The summed E-state index contributed by atoms with van der Waals surface area (Å²) in [6, 6.07) is 17.1. The van der Waals surface area contributed by atoms with Gasteiger partial charge in [-0.05, 0) is 47.0 Å². The van der Waals surface area contributed by atoms with E-state index in [4.69, 9.17) is 4.74 Å². The number of methoxy groups -OCH3 is 1. The van der Waals surface area contributed by atoms with Crippen LogP contribution in [0.4, 0.5) is 0 Å². The van der Waals surface area contributed by atoms with Crippen LogP contribution in [0.2, 0.25) is 0 Å². The van der Waals surface area contributed by atoms with E-state index in [1.54, 1.807) is 7.11 Å². The molecule has 0 amide bonds. The highest BCUT2D eigenvalue weighted by Gasteiger charge is 2.08. The second kappa shape index (κ2) is 6.29. The highest BCUT2D eigenvalue weighted by molar-refractivity contribution is 7.17. The van der Waals surface area contributed by atoms with Gasteiger partial charge in [-0.15, -0.1) is 11.3 Å². The van der Waals surface area contributed by atoms with E-state index in [0.717, 1.165) is 12.3 Å². The van der Waals surface area contributed by atoms with Crippen LogP contribution in [0.1, 0.15) is 24.1 Å². The monoisotopic (exact) mass is 297 g/mol. The second-order valence-corrected chi connectivity index (χ2v) is 6.05. The minimum atomic E-state index is 0.291. The van der Waals surface area contributed by atoms with Crippen LogP contribution >= 0.6 is 11.3 Å². The third-order valence-corrected chi connectivity index (χ3v) is 4.77. The van der Waals surface area contributed by atoms with Gasteiger partial charge in [0.05, 0.1) is 7.11 Å². The first-order chi connectivity index (χ1) is 10.3. The van der Waals surface area contributed by atoms with E-state index in [2.05, 4.69) is 54.0 Å². The topological polar surface area (TPSA) is 21.3 Å². The molecule has 1 atom stereocenters. The van der Waals surface area contributed by atoms with Crippen molar-refractivity contribution in [1.29, 1.82) is 0 Å². The van der Waals surface area contributed by atoms with Crippen LogP contribution in [0.3, 0.4) is 0 Å². The highest BCUT2D eigenvalue weighted by atomic mass is 32.1. The van der Waals surface area contributed by atoms with Crippen molar-refractivity contribution in [2.45, 2.75) is 19.5 Å². The molecule has 0 spiro atoms. The van der Waals surface area contributed by atoms with E-state index >= 15 is 0 Å². The van der Waals surface area contributed by atoms with Crippen molar-refractivity contribution >= 4 is 21.4 Å². The van der Waals surface area contributed by atoms with Gasteiger partial charge in [0.1, 0.15) is 5.75 Å². The summed E-state index contributed by atoms with van der Waals surface area (Å²) in [5.41, 5.74) is 2.61. The van der Waals surface area contributed by atoms with Crippen molar-refractivity contribution in [1.82, 2.24) is 5.32 Å². The SMILES string of the molecule is COc1cccc(C(C)NCc2csc3ccccc23)c1. The molecular weight excluding hydrogens is 278 g/mol. The Kier molecular flexibility index (Phi) is 4.23. The molecule has 3 rings (SSSR count). The molecule has 1 unspecified atom stereocenters. The maximum Gasteiger partial charge on any atom is 0.119 e. The molecule has 2 aromatic carbocycles. The molecule has 21 heavy (non-hydrogen) atoms. The average molecular weight is 297 g/mol. The Hall–Kier alpha value is -1.84. The lowest BCUT2D eigenvalue weighted by Gasteiger charge is -2.15. The van der Waals surface area contributed by atoms with Crippen LogP contribution in [0, 0.1) is 0 Å². The van der Waals surface area contributed by atoms with Crippen molar-refractivity contribution < 1.29 is 4.74 Å². The maximum absolute atomic E-state index is 5.29. The Morgan fingerprint density at radius 3 is 2.86 bits per heavy atom. The summed E-state index contributed by atoms with van der Waals surface area (Å²) < 4.78 is 6.64. The summed E-state index contributed by atoms with van der Waals surface area (Å²) in [4.78, 5) is 0. The molecule has 0 radical (unpaired) electrons. The first kappa shape index (κ1) is 14.1. The van der Waals surface area contributed by atoms with E-state index in [0.29, 0.717) is 6.04 Å². The van der Waals surface area contributed by atoms with E-state index in [-0.39, 0.29) is 0 Å². The summed E-state index contributed by atoms with van der Waals surface area (Å²) in [6.07, 6.45) is 0. The third-order valence-electron chi connectivity index (χ3n) is 3.75. The number of rotatable bonds is 5. The standard InChI is InChI=1S/C18H19NOS/c1-13(14-6-5-7-16(10-14)20-2)19-11-15-12-21-18-9-4-3-8-17(15)18/h3-10,12-13,19H,11H2,1-2H3. The number of hydrogen-bond acceptors (Lipinski definition) is 3. The van der Waals surface area contributed by atoms with Gasteiger partial charge in [-0.25, -0.2) is 0 Å². The van der Waals surface area contributed by atoms with Crippen LogP contribution in [0.15, 0.2) is 53.9 Å². The Balaban J connectivity index is 1.72. The van der Waals surface area contributed by atoms with Crippen LogP contribution in [-0.2, 0) is 6.54 Å². The molecule has 0 aliphatic rings. The van der Waals surface area contributed by atoms with E-state index in [9.17, 15) is 0 Å². The molecule has 1 N–H and O–H groups in total. The molecule has 0 bridgehead atoms. The fraction of sp³-hybridized carbons (Fsp3) is 0.222. The lowest BCUT2D eigenvalue weighted by Crippen LogP contribution is -2.17. The quantitative estimate of drug-likeness (QED) is 0.733. The van der Waals surface area contributed by atoms with Crippen LogP contribution < -0.4 is 10.1 Å². The van der Waals surface area contributed by atoms with Crippen molar-refractivity contribution in [3.8, 4) is 5.75 Å². The Bertz CT molecular complexity index is 735. The summed E-state index contributed by atoms with van der Waals surface area (Å²) >= 11 is 1.81. The van der Waals surface area contributed by atoms with Crippen molar-refractivity contribution in [2.75, 3.05) is 7.11 Å². The Morgan fingerprint density at radius 2 is 2.00 bits per heavy atom. The zero-order chi connectivity index (χ0) is 14.7. The number of ether oxygens (including phenoxy) is 1. The number of thiophene rings is 1. The molecule has 1 heterocycles. The summed E-state index contributed by atoms with van der Waals surface area (Å²) in [6.45, 7) is 3.06. The minimum absolute atomic E-state index is 0.291. The van der Waals surface area contributed by atoms with Crippen LogP contribution in [-0.4, -0.2) is 7.11 Å². The number of hydrogen-bond donors (Lipinski definition) is 1. The molecule has 0 saturated heterocycles. The third kappa shape index (κ3) is 3.09. The number of nitrogens with one attached hydrogen (secondary N) is 1. The normalized spacial score (nSPS) is 12.5. The minimum Gasteiger partial charge on any atom is -0.497 e. The molecule has 108 valence electrons. The van der Waals surface area contributed by atoms with Gasteiger partial charge in [-0.3, -0.25) is 0 Å². The van der Waals surface area contributed by atoms with Crippen molar-refractivity contribution in [3.63, 3.8) is 0 Å². The van der Waals surface area contributed by atoms with Gasteiger partial charge in [0, 0.05) is 17.3 Å². The fourth-order valence-electron chi connectivity index (χ4n) is 2.46. The van der Waals surface area contributed by atoms with E-state index in [1.165, 1.54) is 21.2 Å². The molecule has 0 saturated carbocycles. The first-order valence-electron chi connectivity index (χ1n) is 7.10. The highest BCUT2D eigenvalue weighted by Crippen LogP contribution is 2.26. The molecular formula is C18H19NOS. The molecule has 0 aliphatic carbocycles. The van der Waals surface area contributed by atoms with Crippen molar-refractivity contribution in [3.05, 3.63) is 65.0 Å². The van der Waals surface area contributed by atoms with Crippen molar-refractivity contribution in [2.24, 2.45) is 0 Å². The maximum atomic E-state index is 5.29. The largest absolute Gasteiger partial charge is 0.497 e. The summed E-state index contributed by atoms with van der Waals surface area (Å²) in [7, 11) is 1.70. The van der Waals surface area contributed by atoms with Gasteiger partial charge in [0.2, 0.25) is 0 Å². The van der Waals surface area contributed by atoms with Crippen LogP contribution in [0.25, 0.3) is 10.1 Å². The van der Waals surface area contributed by atoms with Gasteiger partial charge in [-0.2, -0.15) is 0 Å². The predicted octanol–water partition coefficient (Wildman–Crippen LogP) is 4.76. The van der Waals surface area contributed by atoms with Gasteiger partial charge < -0.3 is 10.1 Å². The van der Waals surface area contributed by atoms with E-state index < -0.39 is 0 Å². The summed E-state index contributed by atoms with van der Waals surface area (Å²) in [5, 5.41) is 7.20. The van der Waals surface area contributed by atoms with Gasteiger partial charge in [-0.1, -0.05) is 30.3 Å². The Labute approximate surface area is 129 Å². The fourth-order valence-corrected chi connectivity index (χ4v) is 3.42. The smallest absolute Gasteiger partial charge is 0.119 e. The number of fused-ring (bicyclic) bond motifs is 1. The molecule has 3 heteroatoms. The molecule has 0 fully saturated rings. The van der Waals surface area contributed by atoms with Crippen LogP contribution in [0.5, 0.6) is 5.75 Å². The zero-order valence-corrected chi connectivity index (χ0v) is 13.1. The first-order valence-corrected chi connectivity index (χ1v) is 7.98. The Morgan fingerprint density at radius 1 is 1.14 bits per heavy atom. The molecule has 0 aliphatic heterocycles. The summed E-state index contributed by atoms with van der Waals surface area (Å²) in [5.74, 6) is 0.905. The lowest BCUT2D eigenvalue weighted by molar-refractivity contribution is 0.413. The average Bonchev–Trinajstić information content (AvgIpc) is 2.96.